The Hall–Kier alpha value is -0.800. The van der Waals surface area contributed by atoms with Crippen molar-refractivity contribution in [3.05, 3.63) is 0 Å². The zero-order valence-corrected chi connectivity index (χ0v) is 13.9. The average molecular weight is 353 g/mol. The van der Waals surface area contributed by atoms with Crippen molar-refractivity contribution >= 4 is 16.1 Å². The molecule has 0 radical (unpaired) electrons. The molecule has 4 aliphatic rings. The van der Waals surface area contributed by atoms with Gasteiger partial charge in [0.25, 0.3) is 0 Å². The second-order valence-electron chi connectivity index (χ2n) is 7.64. The Morgan fingerprint density at radius 1 is 1.22 bits per heavy atom. The molecule has 4 saturated carbocycles. The number of alkyl halides is 2. The highest BCUT2D eigenvalue weighted by Crippen LogP contribution is 2.60. The summed E-state index contributed by atoms with van der Waals surface area (Å²) in [6, 6.07) is 0. The second kappa shape index (κ2) is 4.86. The summed E-state index contributed by atoms with van der Waals surface area (Å²) in [7, 11) is -1.98. The smallest absolute Gasteiger partial charge is 0.454 e. The van der Waals surface area contributed by atoms with Crippen molar-refractivity contribution in [2.45, 2.75) is 54.9 Å². The van der Waals surface area contributed by atoms with Crippen LogP contribution in [0.4, 0.5) is 8.78 Å². The van der Waals surface area contributed by atoms with Crippen LogP contribution in [0.15, 0.2) is 0 Å². The van der Waals surface area contributed by atoms with Gasteiger partial charge in [-0.05, 0) is 58.0 Å². The van der Waals surface area contributed by atoms with Gasteiger partial charge in [0.2, 0.25) is 0 Å². The third-order valence-electron chi connectivity index (χ3n) is 5.80. The van der Waals surface area contributed by atoms with E-state index in [4.69, 9.17) is 9.29 Å². The van der Waals surface area contributed by atoms with Gasteiger partial charge in [-0.25, -0.2) is 4.79 Å². The Labute approximate surface area is 133 Å². The molecule has 4 bridgehead atoms. The fraction of sp³-hybridized carbons (Fsp3) is 0.929. The minimum atomic E-state index is -5.84. The molecule has 2 unspecified atom stereocenters. The molecule has 0 aliphatic heterocycles. The van der Waals surface area contributed by atoms with Crippen molar-refractivity contribution in [1.82, 2.24) is 4.90 Å². The van der Waals surface area contributed by atoms with Crippen LogP contribution in [0.5, 0.6) is 0 Å². The predicted molar refractivity (Wildman–Crippen MR) is 76.4 cm³/mol. The zero-order valence-electron chi connectivity index (χ0n) is 13.1. The number of nitrogens with zero attached hydrogens (tertiary/aromatic N) is 1. The lowest BCUT2D eigenvalue weighted by atomic mass is 9.50. The number of rotatable bonds is 4. The minimum Gasteiger partial charge on any atom is -0.454 e. The number of hydrogen-bond acceptors (Lipinski definition) is 5. The monoisotopic (exact) mass is 353 g/mol. The van der Waals surface area contributed by atoms with Crippen molar-refractivity contribution in [3.63, 3.8) is 0 Å². The maximum atomic E-state index is 13.5. The van der Waals surface area contributed by atoms with Gasteiger partial charge in [-0.15, -0.1) is 0 Å². The van der Waals surface area contributed by atoms with E-state index in [0.717, 1.165) is 19.3 Å². The van der Waals surface area contributed by atoms with Crippen LogP contribution in [0.25, 0.3) is 0 Å². The summed E-state index contributed by atoms with van der Waals surface area (Å²) in [5.74, 6) is -1.60. The number of carbonyl (C=O) groups excluding carboxylic acids is 1. The highest BCUT2D eigenvalue weighted by atomic mass is 32.2. The largest absolute Gasteiger partial charge is 0.465 e. The summed E-state index contributed by atoms with van der Waals surface area (Å²) in [5.41, 5.74) is -1.25. The summed E-state index contributed by atoms with van der Waals surface area (Å²) in [6.07, 6.45) is 4.24. The van der Waals surface area contributed by atoms with Crippen LogP contribution in [0.2, 0.25) is 0 Å². The van der Waals surface area contributed by atoms with Crippen LogP contribution in [-0.4, -0.2) is 54.3 Å². The molecule has 132 valence electrons. The van der Waals surface area contributed by atoms with E-state index in [1.165, 1.54) is 0 Å². The fourth-order valence-corrected chi connectivity index (χ4v) is 5.39. The Balaban J connectivity index is 1.87. The Kier molecular flexibility index (Phi) is 3.60. The van der Waals surface area contributed by atoms with Crippen molar-refractivity contribution in [1.29, 1.82) is 0 Å². The van der Waals surface area contributed by atoms with Gasteiger partial charge < -0.3 is 9.64 Å². The molecule has 4 fully saturated rings. The van der Waals surface area contributed by atoms with E-state index in [9.17, 15) is 22.0 Å². The van der Waals surface area contributed by atoms with E-state index in [2.05, 4.69) is 4.90 Å². The fourth-order valence-electron chi connectivity index (χ4n) is 5.14. The minimum absolute atomic E-state index is 0.197. The Morgan fingerprint density at radius 2 is 1.74 bits per heavy atom. The topological polar surface area (TPSA) is 83.9 Å². The van der Waals surface area contributed by atoms with Gasteiger partial charge >= 0.3 is 21.3 Å². The number of esters is 1. The van der Waals surface area contributed by atoms with E-state index in [-0.39, 0.29) is 17.4 Å². The molecule has 6 nitrogen and oxygen atoms in total. The van der Waals surface area contributed by atoms with E-state index in [1.54, 1.807) is 0 Å². The quantitative estimate of drug-likeness (QED) is 0.611. The molecule has 0 aromatic carbocycles. The summed E-state index contributed by atoms with van der Waals surface area (Å²) in [6.45, 7) is 0. The van der Waals surface area contributed by atoms with Gasteiger partial charge in [-0.1, -0.05) is 0 Å². The summed E-state index contributed by atoms with van der Waals surface area (Å²) in [4.78, 5) is 13.8. The Bertz CT molecular complexity index is 619. The third-order valence-corrected chi connectivity index (χ3v) is 6.61. The van der Waals surface area contributed by atoms with Gasteiger partial charge in [0.15, 0.2) is 0 Å². The Morgan fingerprint density at radius 3 is 2.17 bits per heavy atom. The van der Waals surface area contributed by atoms with Crippen molar-refractivity contribution in [2.75, 3.05) is 14.1 Å². The van der Waals surface area contributed by atoms with Crippen LogP contribution in [0.3, 0.4) is 0 Å². The van der Waals surface area contributed by atoms with Gasteiger partial charge in [-0.2, -0.15) is 17.2 Å². The van der Waals surface area contributed by atoms with E-state index < -0.39 is 26.9 Å². The van der Waals surface area contributed by atoms with Crippen molar-refractivity contribution in [3.8, 4) is 0 Å². The maximum absolute atomic E-state index is 13.5. The van der Waals surface area contributed by atoms with E-state index >= 15 is 0 Å². The second-order valence-corrected chi connectivity index (χ2v) is 9.11. The number of carbonyl (C=O) groups is 1. The van der Waals surface area contributed by atoms with Crippen molar-refractivity contribution in [2.24, 2.45) is 11.8 Å². The first-order chi connectivity index (χ1) is 10.4. The predicted octanol–water partition coefficient (Wildman–Crippen LogP) is 1.66. The first-order valence-electron chi connectivity index (χ1n) is 7.65. The van der Waals surface area contributed by atoms with E-state index in [1.807, 2.05) is 14.1 Å². The lowest BCUT2D eigenvalue weighted by Crippen LogP contribution is -2.65. The summed E-state index contributed by atoms with van der Waals surface area (Å²) < 4.78 is 62.2. The summed E-state index contributed by atoms with van der Waals surface area (Å²) >= 11 is 0. The third kappa shape index (κ3) is 2.56. The molecule has 0 heterocycles. The first kappa shape index (κ1) is 17.0. The summed E-state index contributed by atoms with van der Waals surface area (Å²) in [5, 5.41) is -4.93. The van der Waals surface area contributed by atoms with Crippen LogP contribution in [-0.2, 0) is 19.6 Å². The van der Waals surface area contributed by atoms with Crippen LogP contribution in [0, 0.1) is 11.8 Å². The maximum Gasteiger partial charge on any atom is 0.465 e. The molecule has 0 saturated heterocycles. The molecule has 2 atom stereocenters. The molecule has 1 N–H and O–H groups in total. The number of halogens is 2. The lowest BCUT2D eigenvalue weighted by Gasteiger charge is -2.63. The average Bonchev–Trinajstić information content (AvgIpc) is 2.34. The number of ether oxygens (including phenoxy) is 1. The molecular weight excluding hydrogens is 332 g/mol. The van der Waals surface area contributed by atoms with E-state index in [0.29, 0.717) is 19.3 Å². The molecule has 0 amide bonds. The number of hydrogen-bond donors (Lipinski definition) is 1. The van der Waals surface area contributed by atoms with Crippen LogP contribution >= 0.6 is 0 Å². The molecule has 9 heteroatoms. The first-order valence-corrected chi connectivity index (χ1v) is 9.09. The highest BCUT2D eigenvalue weighted by molar-refractivity contribution is 7.87. The standard InChI is InChI=1S/C14H21F2NO5S/c1-17(2)12-4-9-3-10(5-12)7-13(6-9,8-12)22-11(18)14(15,16)23(19,20)21/h9-10H,3-8H2,1-2H3,(H,19,20,21). The van der Waals surface area contributed by atoms with Crippen LogP contribution in [0.1, 0.15) is 38.5 Å². The highest BCUT2D eigenvalue weighted by Gasteiger charge is 2.63. The van der Waals surface area contributed by atoms with Gasteiger partial charge in [0, 0.05) is 12.0 Å². The normalized spacial score (nSPS) is 39.7. The van der Waals surface area contributed by atoms with Gasteiger partial charge in [0.05, 0.1) is 0 Å². The van der Waals surface area contributed by atoms with Crippen molar-refractivity contribution < 1.29 is 31.3 Å². The van der Waals surface area contributed by atoms with Gasteiger partial charge in [0.1, 0.15) is 5.60 Å². The van der Waals surface area contributed by atoms with Crippen LogP contribution < -0.4 is 0 Å². The molecule has 0 aromatic rings. The molecular formula is C14H21F2NO5S. The molecule has 23 heavy (non-hydrogen) atoms. The molecule has 0 spiro atoms. The van der Waals surface area contributed by atoms with Gasteiger partial charge in [-0.3, -0.25) is 4.55 Å². The molecule has 4 rings (SSSR count). The molecule has 0 aromatic heterocycles. The SMILES string of the molecule is CN(C)C12CC3CC(CC(OC(=O)C(F)(F)S(=O)(=O)O)(C3)C1)C2. The molecule has 4 aliphatic carbocycles. The zero-order chi connectivity index (χ0) is 17.3. The lowest BCUT2D eigenvalue weighted by molar-refractivity contribution is -0.214.